The molecule has 1 aliphatic heterocycles. The molecule has 3 rings (SSSR count). The molecule has 0 spiro atoms. The van der Waals surface area contributed by atoms with Crippen LogP contribution < -0.4 is 15.4 Å². The Kier molecular flexibility index (Phi) is 8.99. The number of ether oxygens (including phenoxy) is 2. The molecule has 0 aliphatic carbocycles. The smallest absolute Gasteiger partial charge is 0.481 e. The normalized spacial score (nSPS) is 17.8. The van der Waals surface area contributed by atoms with Crippen molar-refractivity contribution in [1.29, 1.82) is 0 Å². The van der Waals surface area contributed by atoms with E-state index in [1.165, 1.54) is 50.0 Å². The van der Waals surface area contributed by atoms with Gasteiger partial charge in [-0.1, -0.05) is 0 Å². The molecule has 2 atom stereocenters. The Morgan fingerprint density at radius 3 is 2.33 bits per heavy atom. The van der Waals surface area contributed by atoms with Crippen molar-refractivity contribution in [3.63, 3.8) is 0 Å². The van der Waals surface area contributed by atoms with Crippen LogP contribution in [0, 0.1) is 5.82 Å². The first-order valence-corrected chi connectivity index (χ1v) is 11.6. The fraction of sp³-hybridized carbons (Fsp3) is 0.500. The molecule has 1 aromatic carbocycles. The molecule has 1 fully saturated rings. The van der Waals surface area contributed by atoms with Crippen molar-refractivity contribution >= 4 is 18.9 Å². The van der Waals surface area contributed by atoms with Gasteiger partial charge in [-0.05, 0) is 52.0 Å². The third-order valence-electron chi connectivity index (χ3n) is 6.19. The SMILES string of the molecule is COCC(NC(=O)c1cnccn1)C(=O)N[C@@H](CCOc1ccc(F)cc1)B1OC(C)(C)C(C)(C)O1. The van der Waals surface area contributed by atoms with E-state index in [2.05, 4.69) is 20.6 Å². The minimum atomic E-state index is -1.01. The second-order valence-electron chi connectivity index (χ2n) is 9.40. The molecule has 10 nitrogen and oxygen atoms in total. The summed E-state index contributed by atoms with van der Waals surface area (Å²) in [4.78, 5) is 33.6. The molecule has 0 saturated carbocycles. The van der Waals surface area contributed by atoms with Gasteiger partial charge >= 0.3 is 7.12 Å². The topological polar surface area (TPSA) is 121 Å². The molecule has 12 heteroatoms. The highest BCUT2D eigenvalue weighted by atomic mass is 19.1. The maximum Gasteiger partial charge on any atom is 0.481 e. The fourth-order valence-corrected chi connectivity index (χ4v) is 3.45. The van der Waals surface area contributed by atoms with Gasteiger partial charge in [0, 0.05) is 25.9 Å². The summed E-state index contributed by atoms with van der Waals surface area (Å²) in [5.74, 6) is -1.55. The Morgan fingerprint density at radius 1 is 1.08 bits per heavy atom. The Morgan fingerprint density at radius 2 is 1.75 bits per heavy atom. The first-order valence-electron chi connectivity index (χ1n) is 11.6. The second-order valence-corrected chi connectivity index (χ2v) is 9.40. The Balaban J connectivity index is 1.71. The lowest BCUT2D eigenvalue weighted by Gasteiger charge is -2.32. The standard InChI is InChI=1S/C24H32BFN4O6/c1-23(2)24(3,4)36-25(35-23)20(10-13-34-17-8-6-16(26)7-9-17)30-22(32)19(15-33-5)29-21(31)18-14-27-11-12-28-18/h6-9,11-12,14,19-20H,10,13,15H2,1-5H3,(H,29,31)(H,30,32)/t19?,20-/m0/s1. The van der Waals surface area contributed by atoms with Crippen molar-refractivity contribution in [1.82, 2.24) is 20.6 Å². The number of nitrogens with zero attached hydrogens (tertiary/aromatic N) is 2. The maximum atomic E-state index is 13.2. The summed E-state index contributed by atoms with van der Waals surface area (Å²) in [5.41, 5.74) is -1.17. The zero-order chi connectivity index (χ0) is 26.3. The summed E-state index contributed by atoms with van der Waals surface area (Å²) in [5, 5.41) is 5.53. The summed E-state index contributed by atoms with van der Waals surface area (Å²) in [6.07, 6.45) is 4.45. The molecule has 2 aromatic rings. The van der Waals surface area contributed by atoms with Crippen molar-refractivity contribution in [2.45, 2.75) is 57.3 Å². The van der Waals surface area contributed by atoms with Crippen LogP contribution in [0.15, 0.2) is 42.9 Å². The third kappa shape index (κ3) is 6.99. The number of hydrogen-bond donors (Lipinski definition) is 2. The van der Waals surface area contributed by atoms with Crippen LogP contribution in [0.1, 0.15) is 44.6 Å². The number of methoxy groups -OCH3 is 1. The van der Waals surface area contributed by atoms with Crippen LogP contribution in [-0.4, -0.2) is 72.4 Å². The van der Waals surface area contributed by atoms with E-state index in [0.29, 0.717) is 12.2 Å². The lowest BCUT2D eigenvalue weighted by atomic mass is 9.76. The van der Waals surface area contributed by atoms with E-state index in [1.807, 2.05) is 27.7 Å². The monoisotopic (exact) mass is 502 g/mol. The summed E-state index contributed by atoms with van der Waals surface area (Å²) in [6, 6.07) is 4.64. The predicted octanol–water partition coefficient (Wildman–Crippen LogP) is 1.95. The van der Waals surface area contributed by atoms with E-state index in [-0.39, 0.29) is 24.7 Å². The first-order chi connectivity index (χ1) is 17.0. The summed E-state index contributed by atoms with van der Waals surface area (Å²) in [6.45, 7) is 7.78. The lowest BCUT2D eigenvalue weighted by molar-refractivity contribution is -0.124. The molecule has 0 bridgehead atoms. The van der Waals surface area contributed by atoms with Gasteiger partial charge in [0.25, 0.3) is 5.91 Å². The third-order valence-corrected chi connectivity index (χ3v) is 6.19. The average Bonchev–Trinajstić information content (AvgIpc) is 3.06. The highest BCUT2D eigenvalue weighted by molar-refractivity contribution is 6.48. The Labute approximate surface area is 210 Å². The minimum Gasteiger partial charge on any atom is -0.494 e. The second kappa shape index (κ2) is 11.8. The van der Waals surface area contributed by atoms with E-state index >= 15 is 0 Å². The van der Waals surface area contributed by atoms with Crippen LogP contribution in [0.4, 0.5) is 4.39 Å². The van der Waals surface area contributed by atoms with Crippen LogP contribution >= 0.6 is 0 Å². The lowest BCUT2D eigenvalue weighted by Crippen LogP contribution is -2.56. The molecule has 1 aliphatic rings. The van der Waals surface area contributed by atoms with E-state index in [9.17, 15) is 14.0 Å². The molecule has 1 unspecified atom stereocenters. The van der Waals surface area contributed by atoms with Gasteiger partial charge in [-0.2, -0.15) is 0 Å². The number of aromatic nitrogens is 2. The molecule has 36 heavy (non-hydrogen) atoms. The maximum absolute atomic E-state index is 13.2. The number of carbonyl (C=O) groups is 2. The van der Waals surface area contributed by atoms with E-state index in [1.54, 1.807) is 0 Å². The van der Waals surface area contributed by atoms with Gasteiger partial charge in [0.15, 0.2) is 0 Å². The Bertz CT molecular complexity index is 1010. The molecule has 2 heterocycles. The predicted molar refractivity (Wildman–Crippen MR) is 130 cm³/mol. The van der Waals surface area contributed by atoms with Crippen molar-refractivity contribution in [3.8, 4) is 5.75 Å². The van der Waals surface area contributed by atoms with Crippen LogP contribution in [0.3, 0.4) is 0 Å². The average molecular weight is 502 g/mol. The molecule has 0 radical (unpaired) electrons. The van der Waals surface area contributed by atoms with Gasteiger partial charge in [0.2, 0.25) is 5.91 Å². The zero-order valence-corrected chi connectivity index (χ0v) is 21.1. The van der Waals surface area contributed by atoms with Gasteiger partial charge in [-0.15, -0.1) is 0 Å². The van der Waals surface area contributed by atoms with Crippen LogP contribution in [-0.2, 0) is 18.8 Å². The number of hydrogen-bond acceptors (Lipinski definition) is 8. The van der Waals surface area contributed by atoms with Crippen LogP contribution in [0.5, 0.6) is 5.75 Å². The summed E-state index contributed by atoms with van der Waals surface area (Å²) >= 11 is 0. The molecule has 194 valence electrons. The van der Waals surface area contributed by atoms with Crippen molar-refractivity contribution in [3.05, 3.63) is 54.4 Å². The number of amides is 2. The number of halogens is 1. The van der Waals surface area contributed by atoms with E-state index in [0.717, 1.165) is 0 Å². The van der Waals surface area contributed by atoms with Gasteiger partial charge in [0.1, 0.15) is 23.3 Å². The number of carbonyl (C=O) groups excluding carboxylic acids is 2. The van der Waals surface area contributed by atoms with Gasteiger partial charge in [-0.3, -0.25) is 14.6 Å². The Hall–Kier alpha value is -3.09. The first kappa shape index (κ1) is 27.5. The zero-order valence-electron chi connectivity index (χ0n) is 21.1. The van der Waals surface area contributed by atoms with Crippen LogP contribution in [0.2, 0.25) is 0 Å². The number of rotatable bonds is 11. The van der Waals surface area contributed by atoms with Gasteiger partial charge in [0.05, 0.1) is 36.6 Å². The summed E-state index contributed by atoms with van der Waals surface area (Å²) in [7, 11) is 0.659. The highest BCUT2D eigenvalue weighted by Gasteiger charge is 2.54. The van der Waals surface area contributed by atoms with Crippen molar-refractivity contribution in [2.24, 2.45) is 0 Å². The van der Waals surface area contributed by atoms with Crippen molar-refractivity contribution < 1.29 is 32.8 Å². The number of nitrogens with one attached hydrogen (secondary N) is 2. The quantitative estimate of drug-likeness (QED) is 0.448. The molecule has 2 N–H and O–H groups in total. The van der Waals surface area contributed by atoms with Gasteiger partial charge in [-0.25, -0.2) is 9.37 Å². The van der Waals surface area contributed by atoms with Crippen LogP contribution in [0.25, 0.3) is 0 Å². The van der Waals surface area contributed by atoms with E-state index < -0.39 is 42.1 Å². The van der Waals surface area contributed by atoms with Gasteiger partial charge < -0.3 is 29.4 Å². The fourth-order valence-electron chi connectivity index (χ4n) is 3.45. The number of benzene rings is 1. The summed E-state index contributed by atoms with van der Waals surface area (Å²) < 4.78 is 36.4. The molecule has 1 aromatic heterocycles. The minimum absolute atomic E-state index is 0.0694. The molecular formula is C24H32BFN4O6. The van der Waals surface area contributed by atoms with E-state index in [4.69, 9.17) is 18.8 Å². The molecule has 1 saturated heterocycles. The molecule has 2 amide bonds. The highest BCUT2D eigenvalue weighted by Crippen LogP contribution is 2.37. The molecular weight excluding hydrogens is 470 g/mol. The van der Waals surface area contributed by atoms with Crippen molar-refractivity contribution in [2.75, 3.05) is 20.3 Å². The largest absolute Gasteiger partial charge is 0.494 e.